The summed E-state index contributed by atoms with van der Waals surface area (Å²) in [6.45, 7) is 3.49. The van der Waals surface area contributed by atoms with Crippen molar-refractivity contribution in [1.29, 1.82) is 0 Å². The van der Waals surface area contributed by atoms with E-state index in [1.807, 2.05) is 0 Å². The molecule has 0 bridgehead atoms. The van der Waals surface area contributed by atoms with Gasteiger partial charge in [0.25, 0.3) is 0 Å². The Bertz CT molecular complexity index is 615. The lowest BCUT2D eigenvalue weighted by Crippen LogP contribution is -2.59. The molecular weight excluding hydrogens is 296 g/mol. The van der Waals surface area contributed by atoms with E-state index in [-0.39, 0.29) is 10.9 Å². The van der Waals surface area contributed by atoms with E-state index in [1.165, 1.54) is 19.2 Å². The van der Waals surface area contributed by atoms with Crippen molar-refractivity contribution in [2.24, 2.45) is 11.8 Å². The normalized spacial score (nSPS) is 19.0. The molecule has 6 nitrogen and oxygen atoms in total. The fourth-order valence-electron chi connectivity index (χ4n) is 2.22. The van der Waals surface area contributed by atoms with Crippen LogP contribution >= 0.6 is 11.6 Å². The number of hydrogen-bond donors (Lipinski definition) is 1. The van der Waals surface area contributed by atoms with Crippen LogP contribution in [-0.2, 0) is 9.59 Å². The summed E-state index contributed by atoms with van der Waals surface area (Å²) in [4.78, 5) is 37.1. The van der Waals surface area contributed by atoms with Gasteiger partial charge in [0, 0.05) is 0 Å². The number of barbiturate groups is 1. The van der Waals surface area contributed by atoms with Crippen LogP contribution in [0.3, 0.4) is 0 Å². The molecule has 1 aromatic carbocycles. The Hall–Kier alpha value is -2.08. The number of imide groups is 2. The number of urea groups is 1. The van der Waals surface area contributed by atoms with Gasteiger partial charge >= 0.3 is 6.03 Å². The Labute approximate surface area is 127 Å². The first-order chi connectivity index (χ1) is 9.86. The van der Waals surface area contributed by atoms with Crippen LogP contribution in [0, 0.1) is 11.8 Å². The van der Waals surface area contributed by atoms with Crippen LogP contribution in [0.2, 0.25) is 5.02 Å². The van der Waals surface area contributed by atoms with Gasteiger partial charge in [-0.2, -0.15) is 0 Å². The Morgan fingerprint density at radius 3 is 2.48 bits per heavy atom. The summed E-state index contributed by atoms with van der Waals surface area (Å²) >= 11 is 6.01. The number of ether oxygens (including phenoxy) is 1. The van der Waals surface area contributed by atoms with Crippen LogP contribution in [0.5, 0.6) is 5.75 Å². The molecule has 1 aliphatic heterocycles. The van der Waals surface area contributed by atoms with Gasteiger partial charge in [-0.1, -0.05) is 25.4 Å². The second-order valence-corrected chi connectivity index (χ2v) is 5.42. The summed E-state index contributed by atoms with van der Waals surface area (Å²) < 4.78 is 5.03. The zero-order valence-corrected chi connectivity index (χ0v) is 12.6. The summed E-state index contributed by atoms with van der Waals surface area (Å²) in [6.07, 6.45) is 0. The van der Waals surface area contributed by atoms with Crippen LogP contribution in [0.25, 0.3) is 0 Å². The SMILES string of the molecule is COc1ccc(N2C(=O)NC(=O)C(C(C)C)C2=O)cc1Cl. The summed E-state index contributed by atoms with van der Waals surface area (Å²) in [7, 11) is 1.47. The first-order valence-electron chi connectivity index (χ1n) is 6.39. The molecule has 0 spiro atoms. The molecule has 1 saturated heterocycles. The maximum absolute atomic E-state index is 12.4. The standard InChI is InChI=1S/C14H15ClN2O4/c1-7(2)11-12(18)16-14(20)17(13(11)19)8-4-5-10(21-3)9(15)6-8/h4-7,11H,1-3H3,(H,16,18,20). The van der Waals surface area contributed by atoms with Gasteiger partial charge in [-0.05, 0) is 24.1 Å². The summed E-state index contributed by atoms with van der Waals surface area (Å²) in [6, 6.07) is 3.77. The highest BCUT2D eigenvalue weighted by Crippen LogP contribution is 2.31. The number of carbonyl (C=O) groups excluding carboxylic acids is 3. The molecule has 1 atom stereocenters. The molecule has 1 N–H and O–H groups in total. The fraction of sp³-hybridized carbons (Fsp3) is 0.357. The molecule has 1 heterocycles. The predicted molar refractivity (Wildman–Crippen MR) is 77.4 cm³/mol. The van der Waals surface area contributed by atoms with E-state index in [2.05, 4.69) is 5.32 Å². The maximum Gasteiger partial charge on any atom is 0.335 e. The lowest BCUT2D eigenvalue weighted by Gasteiger charge is -2.31. The van der Waals surface area contributed by atoms with Gasteiger partial charge in [-0.15, -0.1) is 0 Å². The number of amides is 4. The smallest absolute Gasteiger partial charge is 0.335 e. The molecule has 0 radical (unpaired) electrons. The largest absolute Gasteiger partial charge is 0.495 e. The average Bonchev–Trinajstić information content (AvgIpc) is 2.37. The molecule has 1 aromatic rings. The third-order valence-electron chi connectivity index (χ3n) is 3.26. The molecule has 112 valence electrons. The van der Waals surface area contributed by atoms with Crippen LogP contribution in [0.15, 0.2) is 18.2 Å². The number of methoxy groups -OCH3 is 1. The van der Waals surface area contributed by atoms with Gasteiger partial charge in [-0.3, -0.25) is 14.9 Å². The zero-order valence-electron chi connectivity index (χ0n) is 11.8. The first-order valence-corrected chi connectivity index (χ1v) is 6.77. The molecule has 7 heteroatoms. The van der Waals surface area contributed by atoms with Crippen LogP contribution in [0.1, 0.15) is 13.8 Å². The van der Waals surface area contributed by atoms with Gasteiger partial charge in [-0.25, -0.2) is 9.69 Å². The van der Waals surface area contributed by atoms with Gasteiger partial charge in [0.1, 0.15) is 11.7 Å². The summed E-state index contributed by atoms with van der Waals surface area (Å²) in [5.74, 6) is -1.82. The monoisotopic (exact) mass is 310 g/mol. The Morgan fingerprint density at radius 1 is 1.29 bits per heavy atom. The Balaban J connectivity index is 2.42. The molecule has 0 aliphatic carbocycles. The minimum atomic E-state index is -0.899. The van der Waals surface area contributed by atoms with Gasteiger partial charge in [0.15, 0.2) is 0 Å². The number of nitrogens with one attached hydrogen (secondary N) is 1. The van der Waals surface area contributed by atoms with Crippen molar-refractivity contribution in [1.82, 2.24) is 5.32 Å². The van der Waals surface area contributed by atoms with Crippen molar-refractivity contribution < 1.29 is 19.1 Å². The molecule has 4 amide bonds. The quantitative estimate of drug-likeness (QED) is 0.868. The third-order valence-corrected chi connectivity index (χ3v) is 3.56. The third kappa shape index (κ3) is 2.71. The molecule has 1 aliphatic rings. The van der Waals surface area contributed by atoms with Crippen LogP contribution in [0.4, 0.5) is 10.5 Å². The molecule has 0 aromatic heterocycles. The Kier molecular flexibility index (Phi) is 4.18. The number of halogens is 1. The molecular formula is C14H15ClN2O4. The molecule has 21 heavy (non-hydrogen) atoms. The number of anilines is 1. The van der Waals surface area contributed by atoms with Gasteiger partial charge < -0.3 is 4.74 Å². The Morgan fingerprint density at radius 2 is 1.95 bits per heavy atom. The molecule has 1 unspecified atom stereocenters. The molecule has 1 fully saturated rings. The van der Waals surface area contributed by atoms with E-state index in [9.17, 15) is 14.4 Å². The van der Waals surface area contributed by atoms with Gasteiger partial charge in [0.05, 0.1) is 17.8 Å². The van der Waals surface area contributed by atoms with E-state index < -0.39 is 23.8 Å². The van der Waals surface area contributed by atoms with Crippen molar-refractivity contribution in [2.75, 3.05) is 12.0 Å². The highest BCUT2D eigenvalue weighted by atomic mass is 35.5. The van der Waals surface area contributed by atoms with Crippen molar-refractivity contribution in [3.63, 3.8) is 0 Å². The summed E-state index contributed by atoms with van der Waals surface area (Å²) in [5, 5.41) is 2.46. The fourth-order valence-corrected chi connectivity index (χ4v) is 2.47. The highest BCUT2D eigenvalue weighted by molar-refractivity contribution is 6.33. The first kappa shape index (κ1) is 15.3. The second kappa shape index (κ2) is 5.73. The van der Waals surface area contributed by atoms with Crippen molar-refractivity contribution in [3.8, 4) is 5.75 Å². The number of benzene rings is 1. The van der Waals surface area contributed by atoms with Crippen molar-refractivity contribution in [3.05, 3.63) is 23.2 Å². The summed E-state index contributed by atoms with van der Waals surface area (Å²) in [5.41, 5.74) is 0.293. The lowest BCUT2D eigenvalue weighted by molar-refractivity contribution is -0.136. The highest BCUT2D eigenvalue weighted by Gasteiger charge is 2.42. The number of hydrogen-bond acceptors (Lipinski definition) is 4. The minimum Gasteiger partial charge on any atom is -0.495 e. The molecule has 0 saturated carbocycles. The number of rotatable bonds is 3. The number of carbonyl (C=O) groups is 3. The molecule has 2 rings (SSSR count). The van der Waals surface area contributed by atoms with E-state index in [1.54, 1.807) is 19.9 Å². The topological polar surface area (TPSA) is 75.7 Å². The van der Waals surface area contributed by atoms with E-state index in [0.29, 0.717) is 11.4 Å². The maximum atomic E-state index is 12.4. The van der Waals surface area contributed by atoms with Gasteiger partial charge in [0.2, 0.25) is 11.8 Å². The van der Waals surface area contributed by atoms with Crippen LogP contribution in [-0.4, -0.2) is 25.0 Å². The van der Waals surface area contributed by atoms with Crippen molar-refractivity contribution in [2.45, 2.75) is 13.8 Å². The van der Waals surface area contributed by atoms with E-state index in [0.717, 1.165) is 4.90 Å². The van der Waals surface area contributed by atoms with Crippen LogP contribution < -0.4 is 15.0 Å². The minimum absolute atomic E-state index is 0.221. The van der Waals surface area contributed by atoms with Crippen molar-refractivity contribution >= 4 is 35.1 Å². The number of nitrogens with zero attached hydrogens (tertiary/aromatic N) is 1. The second-order valence-electron chi connectivity index (χ2n) is 5.01. The van der Waals surface area contributed by atoms with E-state index in [4.69, 9.17) is 16.3 Å². The predicted octanol–water partition coefficient (Wildman–Crippen LogP) is 2.20. The van der Waals surface area contributed by atoms with E-state index >= 15 is 0 Å². The zero-order chi connectivity index (χ0) is 15.7. The lowest BCUT2D eigenvalue weighted by atomic mass is 9.92. The average molecular weight is 311 g/mol.